The number of aromatic amines is 1. The average molecular weight is 538 g/mol. The highest BCUT2D eigenvalue weighted by Gasteiger charge is 2.47. The van der Waals surface area contributed by atoms with Gasteiger partial charge in [-0.05, 0) is 66.3 Å². The minimum atomic E-state index is -0.641. The molecule has 0 aliphatic carbocycles. The van der Waals surface area contributed by atoms with E-state index < -0.39 is 6.04 Å². The smallest absolute Gasteiger partial charge is 0.256 e. The molecule has 6 rings (SSSR count). The first-order chi connectivity index (χ1) is 19.1. The number of piperidine rings is 1. The normalized spacial score (nSPS) is 18.7. The number of H-pyrrole nitrogens is 1. The van der Waals surface area contributed by atoms with Gasteiger partial charge in [0.1, 0.15) is 6.04 Å². The minimum absolute atomic E-state index is 0.0370. The van der Waals surface area contributed by atoms with Crippen LogP contribution in [0.5, 0.6) is 0 Å². The second kappa shape index (κ2) is 11.0. The van der Waals surface area contributed by atoms with Crippen LogP contribution in [-0.2, 0) is 16.1 Å². The van der Waals surface area contributed by atoms with E-state index in [0.717, 1.165) is 49.1 Å². The summed E-state index contributed by atoms with van der Waals surface area (Å²) in [4.78, 5) is 36.3. The van der Waals surface area contributed by atoms with Crippen LogP contribution in [0.15, 0.2) is 91.1 Å². The van der Waals surface area contributed by atoms with Crippen LogP contribution < -0.4 is 10.2 Å². The molecule has 8 heteroatoms. The zero-order valence-corrected chi connectivity index (χ0v) is 22.4. The Bertz CT molecular complexity index is 1480. The molecular formula is C31H31N5O2S. The fourth-order valence-corrected chi connectivity index (χ4v) is 6.20. The molecule has 3 heterocycles. The fourth-order valence-electron chi connectivity index (χ4n) is 5.73. The van der Waals surface area contributed by atoms with Gasteiger partial charge in [0.05, 0.1) is 12.1 Å². The summed E-state index contributed by atoms with van der Waals surface area (Å²) in [5.41, 5.74) is 3.68. The van der Waals surface area contributed by atoms with Crippen LogP contribution in [0.3, 0.4) is 0 Å². The minimum Gasteiger partial charge on any atom is -0.361 e. The molecule has 1 unspecified atom stereocenters. The number of hydrogen-bond donors (Lipinski definition) is 2. The Morgan fingerprint density at radius 1 is 0.949 bits per heavy atom. The maximum absolute atomic E-state index is 13.8. The molecule has 7 nitrogen and oxygen atoms in total. The number of hydrogen-bond acceptors (Lipinski definition) is 4. The maximum atomic E-state index is 13.8. The standard InChI is InChI=1S/C31H31N5O2S/c37-29(33-24-12-11-23-13-16-32-27(23)19-24)20-28-30(38)36(25-9-5-2-6-10-25)31(39)35(28)26-14-17-34(18-15-26)21-22-7-3-1-4-8-22/h1-13,16,19,26,28,32H,14-15,17-18,20-21H2,(H,33,37). The molecule has 2 saturated heterocycles. The molecule has 2 amide bonds. The van der Waals surface area contributed by atoms with Gasteiger partial charge in [-0.3, -0.25) is 19.4 Å². The van der Waals surface area contributed by atoms with Gasteiger partial charge < -0.3 is 15.2 Å². The topological polar surface area (TPSA) is 71.7 Å². The van der Waals surface area contributed by atoms with E-state index in [1.54, 1.807) is 4.90 Å². The predicted octanol–water partition coefficient (Wildman–Crippen LogP) is 5.16. The van der Waals surface area contributed by atoms with Crippen molar-refractivity contribution < 1.29 is 9.59 Å². The van der Waals surface area contributed by atoms with E-state index in [1.165, 1.54) is 5.56 Å². The summed E-state index contributed by atoms with van der Waals surface area (Å²) in [5.74, 6) is -0.351. The van der Waals surface area contributed by atoms with Crippen LogP contribution >= 0.6 is 12.2 Å². The molecule has 0 radical (unpaired) electrons. The summed E-state index contributed by atoms with van der Waals surface area (Å²) in [6, 6.07) is 27.2. The third-order valence-electron chi connectivity index (χ3n) is 7.68. The maximum Gasteiger partial charge on any atom is 0.256 e. The van der Waals surface area contributed by atoms with Gasteiger partial charge in [0.15, 0.2) is 5.11 Å². The van der Waals surface area contributed by atoms with Crippen LogP contribution in [0.25, 0.3) is 10.9 Å². The van der Waals surface area contributed by atoms with Crippen LogP contribution in [0.1, 0.15) is 24.8 Å². The van der Waals surface area contributed by atoms with E-state index in [0.29, 0.717) is 10.8 Å². The Balaban J connectivity index is 1.19. The number of carbonyl (C=O) groups excluding carboxylic acids is 2. The van der Waals surface area contributed by atoms with Crippen molar-refractivity contribution in [1.29, 1.82) is 0 Å². The van der Waals surface area contributed by atoms with Gasteiger partial charge in [0, 0.05) is 43.1 Å². The lowest BCUT2D eigenvalue weighted by molar-refractivity contribution is -0.125. The second-order valence-corrected chi connectivity index (χ2v) is 10.6. The van der Waals surface area contributed by atoms with Crippen molar-refractivity contribution in [2.45, 2.75) is 37.9 Å². The van der Waals surface area contributed by atoms with Crippen molar-refractivity contribution in [2.75, 3.05) is 23.3 Å². The third-order valence-corrected chi connectivity index (χ3v) is 8.08. The molecular weight excluding hydrogens is 506 g/mol. The molecule has 4 aromatic rings. The zero-order chi connectivity index (χ0) is 26.8. The third kappa shape index (κ3) is 5.30. The zero-order valence-electron chi connectivity index (χ0n) is 21.6. The molecule has 2 aliphatic heterocycles. The molecule has 0 bridgehead atoms. The summed E-state index contributed by atoms with van der Waals surface area (Å²) in [6.45, 7) is 2.73. The van der Waals surface area contributed by atoms with E-state index in [9.17, 15) is 9.59 Å². The molecule has 0 saturated carbocycles. The molecule has 1 aromatic heterocycles. The quantitative estimate of drug-likeness (QED) is 0.319. The molecule has 2 fully saturated rings. The van der Waals surface area contributed by atoms with Gasteiger partial charge in [-0.15, -0.1) is 0 Å². The summed E-state index contributed by atoms with van der Waals surface area (Å²) in [7, 11) is 0. The summed E-state index contributed by atoms with van der Waals surface area (Å²) < 4.78 is 0. The highest BCUT2D eigenvalue weighted by Crippen LogP contribution is 2.32. The van der Waals surface area contributed by atoms with Crippen LogP contribution in [-0.4, -0.2) is 56.9 Å². The van der Waals surface area contributed by atoms with E-state index in [2.05, 4.69) is 39.5 Å². The molecule has 2 aliphatic rings. The lowest BCUT2D eigenvalue weighted by Crippen LogP contribution is -2.49. The SMILES string of the molecule is O=C(CC1C(=O)N(c2ccccc2)C(=S)N1C1CCN(Cc2ccccc2)CC1)Nc1ccc2cc[nH]c2c1. The summed E-state index contributed by atoms with van der Waals surface area (Å²) >= 11 is 5.92. The average Bonchev–Trinajstić information content (AvgIpc) is 3.52. The van der Waals surface area contributed by atoms with E-state index >= 15 is 0 Å². The van der Waals surface area contributed by atoms with Crippen molar-refractivity contribution in [3.8, 4) is 0 Å². The molecule has 3 aromatic carbocycles. The molecule has 2 N–H and O–H groups in total. The van der Waals surface area contributed by atoms with Gasteiger partial charge in [0.2, 0.25) is 5.91 Å². The number of rotatable bonds is 7. The molecule has 198 valence electrons. The molecule has 1 atom stereocenters. The van der Waals surface area contributed by atoms with E-state index in [-0.39, 0.29) is 24.3 Å². The number of aromatic nitrogens is 1. The van der Waals surface area contributed by atoms with Crippen LogP contribution in [0.2, 0.25) is 0 Å². The predicted molar refractivity (Wildman–Crippen MR) is 158 cm³/mol. The fraction of sp³-hybridized carbons (Fsp3) is 0.258. The molecule has 39 heavy (non-hydrogen) atoms. The first kappa shape index (κ1) is 25.3. The van der Waals surface area contributed by atoms with Crippen molar-refractivity contribution in [2.24, 2.45) is 0 Å². The number of likely N-dealkylation sites (tertiary alicyclic amines) is 1. The Morgan fingerprint density at radius 3 is 2.41 bits per heavy atom. The number of anilines is 2. The number of para-hydroxylation sites is 1. The van der Waals surface area contributed by atoms with Crippen LogP contribution in [0.4, 0.5) is 11.4 Å². The number of benzene rings is 3. The lowest BCUT2D eigenvalue weighted by Gasteiger charge is -2.39. The van der Waals surface area contributed by atoms with Gasteiger partial charge in [-0.25, -0.2) is 0 Å². The van der Waals surface area contributed by atoms with Crippen LogP contribution in [0, 0.1) is 0 Å². The van der Waals surface area contributed by atoms with Crippen molar-refractivity contribution in [3.05, 3.63) is 96.7 Å². The lowest BCUT2D eigenvalue weighted by atomic mass is 10.00. The monoisotopic (exact) mass is 537 g/mol. The Kier molecular flexibility index (Phi) is 7.13. The first-order valence-electron chi connectivity index (χ1n) is 13.4. The Hall–Kier alpha value is -4.01. The number of thiocarbonyl (C=S) groups is 1. The highest BCUT2D eigenvalue weighted by molar-refractivity contribution is 7.80. The largest absolute Gasteiger partial charge is 0.361 e. The van der Waals surface area contributed by atoms with Crippen molar-refractivity contribution >= 4 is 51.4 Å². The van der Waals surface area contributed by atoms with Gasteiger partial charge in [0.25, 0.3) is 5.91 Å². The molecule has 0 spiro atoms. The number of nitrogens with zero attached hydrogens (tertiary/aromatic N) is 3. The number of fused-ring (bicyclic) bond motifs is 1. The summed E-state index contributed by atoms with van der Waals surface area (Å²) in [6.07, 6.45) is 3.67. The number of carbonyl (C=O) groups is 2. The highest BCUT2D eigenvalue weighted by atomic mass is 32.1. The van der Waals surface area contributed by atoms with E-state index in [1.807, 2.05) is 71.8 Å². The van der Waals surface area contributed by atoms with Crippen molar-refractivity contribution in [1.82, 2.24) is 14.8 Å². The number of amides is 2. The van der Waals surface area contributed by atoms with Crippen molar-refractivity contribution in [3.63, 3.8) is 0 Å². The number of nitrogens with one attached hydrogen (secondary N) is 2. The van der Waals surface area contributed by atoms with Gasteiger partial charge >= 0.3 is 0 Å². The Labute approximate surface area is 233 Å². The van der Waals surface area contributed by atoms with E-state index in [4.69, 9.17) is 12.2 Å². The second-order valence-electron chi connectivity index (χ2n) is 10.2. The summed E-state index contributed by atoms with van der Waals surface area (Å²) in [5, 5.41) is 4.55. The first-order valence-corrected chi connectivity index (χ1v) is 13.8. The van der Waals surface area contributed by atoms with Gasteiger partial charge in [-0.2, -0.15) is 0 Å². The van der Waals surface area contributed by atoms with Gasteiger partial charge in [-0.1, -0.05) is 54.6 Å². The Morgan fingerprint density at radius 2 is 1.67 bits per heavy atom.